The van der Waals surface area contributed by atoms with Crippen molar-refractivity contribution in [3.8, 4) is 0 Å². The number of rotatable bonds is 4. The maximum absolute atomic E-state index is 13.4. The van der Waals surface area contributed by atoms with Crippen LogP contribution >= 0.6 is 12.6 Å². The second-order valence-corrected chi connectivity index (χ2v) is 10.5. The van der Waals surface area contributed by atoms with Crippen LogP contribution in [0, 0.1) is 5.92 Å². The highest BCUT2D eigenvalue weighted by Crippen LogP contribution is 2.32. The van der Waals surface area contributed by atoms with E-state index < -0.39 is 28.0 Å². The molecule has 0 spiro atoms. The van der Waals surface area contributed by atoms with Gasteiger partial charge >= 0.3 is 5.97 Å². The van der Waals surface area contributed by atoms with Gasteiger partial charge in [-0.1, -0.05) is 30.3 Å². The number of fused-ring (bicyclic) bond motifs is 1. The highest BCUT2D eigenvalue weighted by molar-refractivity contribution is 7.89. The van der Waals surface area contributed by atoms with Gasteiger partial charge in [0.15, 0.2) is 0 Å². The number of likely N-dealkylation sites (tertiary alicyclic amines) is 1. The van der Waals surface area contributed by atoms with Crippen LogP contribution in [0.4, 0.5) is 0 Å². The topological polar surface area (TPSA) is 95.0 Å². The zero-order valence-electron chi connectivity index (χ0n) is 16.3. The van der Waals surface area contributed by atoms with E-state index in [0.717, 1.165) is 10.8 Å². The Morgan fingerprint density at radius 3 is 2.37 bits per heavy atom. The molecule has 4 rings (SSSR count). The molecular formula is C21H24N2O5S2. The molecule has 0 aromatic heterocycles. The number of benzene rings is 2. The Hall–Kier alpha value is -2.10. The van der Waals surface area contributed by atoms with Gasteiger partial charge in [-0.3, -0.25) is 9.59 Å². The van der Waals surface area contributed by atoms with Crippen molar-refractivity contribution in [2.75, 3.05) is 19.6 Å². The number of nitrogens with zero attached hydrogens (tertiary/aromatic N) is 2. The molecule has 2 aliphatic heterocycles. The third kappa shape index (κ3) is 3.93. The molecule has 2 atom stereocenters. The zero-order chi connectivity index (χ0) is 21.5. The van der Waals surface area contributed by atoms with E-state index in [4.69, 9.17) is 5.11 Å². The van der Waals surface area contributed by atoms with E-state index in [1.807, 2.05) is 24.3 Å². The number of sulfonamides is 1. The molecule has 160 valence electrons. The molecule has 2 aliphatic rings. The fourth-order valence-electron chi connectivity index (χ4n) is 4.30. The molecule has 30 heavy (non-hydrogen) atoms. The van der Waals surface area contributed by atoms with Gasteiger partial charge in [-0.25, -0.2) is 8.42 Å². The Bertz CT molecular complexity index is 1080. The fraction of sp³-hybridized carbons (Fsp3) is 0.429. The third-order valence-corrected chi connectivity index (χ3v) is 8.25. The first-order chi connectivity index (χ1) is 14.3. The average molecular weight is 449 g/mol. The quantitative estimate of drug-likeness (QED) is 0.700. The van der Waals surface area contributed by atoms with E-state index in [-0.39, 0.29) is 22.6 Å². The number of carboxylic acid groups (broad SMARTS) is 1. The number of hydrogen-bond donors (Lipinski definition) is 2. The summed E-state index contributed by atoms with van der Waals surface area (Å²) in [6, 6.07) is 11.7. The summed E-state index contributed by atoms with van der Waals surface area (Å²) < 4.78 is 28.1. The van der Waals surface area contributed by atoms with E-state index in [0.29, 0.717) is 32.4 Å². The van der Waals surface area contributed by atoms with Gasteiger partial charge in [-0.05, 0) is 42.2 Å². The summed E-state index contributed by atoms with van der Waals surface area (Å²) in [5.74, 6) is -1.56. The number of carboxylic acids is 1. The smallest absolute Gasteiger partial charge is 0.306 e. The Labute approximate surface area is 181 Å². The van der Waals surface area contributed by atoms with Crippen molar-refractivity contribution in [3.63, 3.8) is 0 Å². The summed E-state index contributed by atoms with van der Waals surface area (Å²) >= 11 is 4.46. The molecule has 2 saturated heterocycles. The molecule has 1 amide bonds. The van der Waals surface area contributed by atoms with E-state index in [1.54, 1.807) is 23.1 Å². The fourth-order valence-corrected chi connectivity index (χ4v) is 6.46. The minimum absolute atomic E-state index is 0.158. The van der Waals surface area contributed by atoms with Crippen LogP contribution in [0.25, 0.3) is 10.8 Å². The first-order valence-corrected chi connectivity index (χ1v) is 11.9. The molecule has 2 fully saturated rings. The van der Waals surface area contributed by atoms with Crippen molar-refractivity contribution in [1.82, 2.24) is 9.21 Å². The van der Waals surface area contributed by atoms with E-state index in [1.165, 1.54) is 4.31 Å². The molecule has 0 radical (unpaired) electrons. The van der Waals surface area contributed by atoms with Crippen LogP contribution < -0.4 is 0 Å². The summed E-state index contributed by atoms with van der Waals surface area (Å²) in [5.41, 5.74) is 0. The normalized spacial score (nSPS) is 23.7. The third-order valence-electron chi connectivity index (χ3n) is 6.00. The lowest BCUT2D eigenvalue weighted by Crippen LogP contribution is -2.50. The number of hydrogen-bond acceptors (Lipinski definition) is 5. The molecular weight excluding hydrogens is 424 g/mol. The van der Waals surface area contributed by atoms with Crippen LogP contribution in [0.2, 0.25) is 0 Å². The summed E-state index contributed by atoms with van der Waals surface area (Å²) in [4.78, 5) is 26.1. The van der Waals surface area contributed by atoms with E-state index >= 15 is 0 Å². The number of thiol groups is 1. The van der Waals surface area contributed by atoms with Crippen molar-refractivity contribution in [1.29, 1.82) is 0 Å². The van der Waals surface area contributed by atoms with Gasteiger partial charge in [0, 0.05) is 24.9 Å². The second kappa shape index (κ2) is 8.20. The molecule has 0 bridgehead atoms. The van der Waals surface area contributed by atoms with Crippen molar-refractivity contribution in [2.24, 2.45) is 5.92 Å². The Morgan fingerprint density at radius 2 is 1.70 bits per heavy atom. The molecule has 7 nitrogen and oxygen atoms in total. The van der Waals surface area contributed by atoms with Crippen LogP contribution in [0.5, 0.6) is 0 Å². The van der Waals surface area contributed by atoms with Crippen LogP contribution in [0.3, 0.4) is 0 Å². The van der Waals surface area contributed by atoms with Gasteiger partial charge in [0.2, 0.25) is 15.9 Å². The van der Waals surface area contributed by atoms with Gasteiger partial charge in [0.05, 0.1) is 10.8 Å². The summed E-state index contributed by atoms with van der Waals surface area (Å²) in [6.45, 7) is 0.821. The zero-order valence-corrected chi connectivity index (χ0v) is 18.1. The minimum Gasteiger partial charge on any atom is -0.481 e. The molecule has 2 aromatic carbocycles. The lowest BCUT2D eigenvalue weighted by Gasteiger charge is -2.34. The standard InChI is InChI=1S/C21H24N2O5S2/c24-20(22-9-7-15(8-10-22)21(25)26)19-12-17(29)13-23(19)30(27,28)18-6-5-14-3-1-2-4-16(14)11-18/h1-6,11,15,17,19,29H,7-10,12-13H2,(H,25,26)/t17-,19+/m1/s1. The monoisotopic (exact) mass is 448 g/mol. The SMILES string of the molecule is O=C(O)C1CCN(C(=O)[C@@H]2C[C@@H](S)CN2S(=O)(=O)c2ccc3ccccc3c2)CC1. The largest absolute Gasteiger partial charge is 0.481 e. The lowest BCUT2D eigenvalue weighted by molar-refractivity contribution is -0.146. The van der Waals surface area contributed by atoms with Crippen molar-refractivity contribution < 1.29 is 23.1 Å². The highest BCUT2D eigenvalue weighted by atomic mass is 32.2. The van der Waals surface area contributed by atoms with Crippen LogP contribution in [-0.2, 0) is 19.6 Å². The summed E-state index contributed by atoms with van der Waals surface area (Å²) in [5, 5.41) is 10.7. The second-order valence-electron chi connectivity index (χ2n) is 7.93. The van der Waals surface area contributed by atoms with E-state index in [9.17, 15) is 18.0 Å². The molecule has 0 aliphatic carbocycles. The van der Waals surface area contributed by atoms with Crippen molar-refractivity contribution >= 4 is 45.3 Å². The summed E-state index contributed by atoms with van der Waals surface area (Å²) in [7, 11) is -3.88. The molecule has 0 saturated carbocycles. The molecule has 2 heterocycles. The van der Waals surface area contributed by atoms with Crippen molar-refractivity contribution in [3.05, 3.63) is 42.5 Å². The highest BCUT2D eigenvalue weighted by Gasteiger charge is 2.45. The first kappa shape index (κ1) is 21.1. The first-order valence-electron chi connectivity index (χ1n) is 9.97. The minimum atomic E-state index is -3.88. The van der Waals surface area contributed by atoms with Crippen molar-refractivity contribution in [2.45, 2.75) is 35.4 Å². The molecule has 0 unspecified atom stereocenters. The Morgan fingerprint density at radius 1 is 1.03 bits per heavy atom. The van der Waals surface area contributed by atoms with Gasteiger partial charge < -0.3 is 10.0 Å². The maximum Gasteiger partial charge on any atom is 0.306 e. The predicted octanol–water partition coefficient (Wildman–Crippen LogP) is 2.22. The Kier molecular flexibility index (Phi) is 5.78. The number of amides is 1. The lowest BCUT2D eigenvalue weighted by atomic mass is 9.96. The van der Waals surface area contributed by atoms with Crippen LogP contribution in [0.15, 0.2) is 47.4 Å². The van der Waals surface area contributed by atoms with Gasteiger partial charge in [0.1, 0.15) is 6.04 Å². The van der Waals surface area contributed by atoms with E-state index in [2.05, 4.69) is 12.6 Å². The average Bonchev–Trinajstić information content (AvgIpc) is 3.15. The maximum atomic E-state index is 13.4. The number of aliphatic carboxylic acids is 1. The Balaban J connectivity index is 1.58. The number of piperidine rings is 1. The molecule has 2 aromatic rings. The molecule has 9 heteroatoms. The number of carbonyl (C=O) groups excluding carboxylic acids is 1. The number of carbonyl (C=O) groups is 2. The van der Waals surface area contributed by atoms with Gasteiger partial charge in [-0.15, -0.1) is 0 Å². The van der Waals surface area contributed by atoms with Gasteiger partial charge in [0.25, 0.3) is 0 Å². The van der Waals surface area contributed by atoms with Crippen LogP contribution in [0.1, 0.15) is 19.3 Å². The molecule has 1 N–H and O–H groups in total. The van der Waals surface area contributed by atoms with Crippen LogP contribution in [-0.4, -0.2) is 65.5 Å². The summed E-state index contributed by atoms with van der Waals surface area (Å²) in [6.07, 6.45) is 1.11. The predicted molar refractivity (Wildman–Crippen MR) is 116 cm³/mol. The van der Waals surface area contributed by atoms with Gasteiger partial charge in [-0.2, -0.15) is 16.9 Å².